The predicted molar refractivity (Wildman–Crippen MR) is 47.7 cm³/mol. The normalized spacial score (nSPS) is 57.2. The van der Waals surface area contributed by atoms with Gasteiger partial charge >= 0.3 is 0 Å². The van der Waals surface area contributed by atoms with Crippen molar-refractivity contribution in [2.45, 2.75) is 44.6 Å². The molecule has 0 spiro atoms. The van der Waals surface area contributed by atoms with E-state index in [2.05, 4.69) is 0 Å². The van der Waals surface area contributed by atoms with E-state index in [1.165, 1.54) is 38.5 Å². The van der Waals surface area contributed by atoms with Crippen LogP contribution in [0, 0.1) is 23.7 Å². The molecule has 0 aromatic rings. The monoisotopic (exact) mass is 166 g/mol. The summed E-state index contributed by atoms with van der Waals surface area (Å²) >= 11 is 0. The molecule has 68 valence electrons. The highest BCUT2D eigenvalue weighted by Gasteiger charge is 2.52. The minimum Gasteiger partial charge on any atom is -0.393 e. The van der Waals surface area contributed by atoms with Gasteiger partial charge in [0, 0.05) is 0 Å². The van der Waals surface area contributed by atoms with E-state index < -0.39 is 0 Å². The van der Waals surface area contributed by atoms with E-state index in [1.807, 2.05) is 0 Å². The van der Waals surface area contributed by atoms with Crippen LogP contribution in [0.2, 0.25) is 0 Å². The Hall–Kier alpha value is -0.0400. The molecule has 0 aliphatic heterocycles. The number of hydrogen-bond donors (Lipinski definition) is 1. The summed E-state index contributed by atoms with van der Waals surface area (Å²) in [6, 6.07) is 0. The van der Waals surface area contributed by atoms with Gasteiger partial charge in [0.1, 0.15) is 0 Å². The molecule has 0 unspecified atom stereocenters. The standard InChI is InChI=1S/C11H18O/c12-11-9-5-1-3-7(9)8-4-2-6-10(8)11/h7-12H,1-6H2/t7-,8-,9-,10-/m0/s1. The summed E-state index contributed by atoms with van der Waals surface area (Å²) in [6.07, 6.45) is 8.33. The zero-order valence-corrected chi connectivity index (χ0v) is 7.58. The van der Waals surface area contributed by atoms with E-state index >= 15 is 0 Å². The van der Waals surface area contributed by atoms with Crippen LogP contribution in [0.15, 0.2) is 0 Å². The molecule has 1 N–H and O–H groups in total. The summed E-state index contributed by atoms with van der Waals surface area (Å²) in [7, 11) is 0. The number of fused-ring (bicyclic) bond motifs is 3. The maximum absolute atomic E-state index is 10.1. The molecule has 0 heterocycles. The molecule has 0 aromatic carbocycles. The van der Waals surface area contributed by atoms with Gasteiger partial charge in [-0.25, -0.2) is 0 Å². The van der Waals surface area contributed by atoms with E-state index in [4.69, 9.17) is 0 Å². The second-order valence-electron chi connectivity index (χ2n) is 5.01. The predicted octanol–water partition coefficient (Wildman–Crippen LogP) is 2.19. The fraction of sp³-hybridized carbons (Fsp3) is 1.00. The number of hydrogen-bond acceptors (Lipinski definition) is 1. The molecule has 0 aromatic heterocycles. The van der Waals surface area contributed by atoms with Crippen molar-refractivity contribution in [3.8, 4) is 0 Å². The summed E-state index contributed by atoms with van der Waals surface area (Å²) < 4.78 is 0. The molecule has 0 amide bonds. The Bertz CT molecular complexity index is 169. The van der Waals surface area contributed by atoms with Crippen LogP contribution in [0.25, 0.3) is 0 Å². The minimum absolute atomic E-state index is 0.0880. The lowest BCUT2D eigenvalue weighted by atomic mass is 9.90. The van der Waals surface area contributed by atoms with Gasteiger partial charge in [-0.2, -0.15) is 0 Å². The van der Waals surface area contributed by atoms with E-state index in [-0.39, 0.29) is 6.10 Å². The molecule has 4 atom stereocenters. The number of aliphatic hydroxyl groups is 1. The van der Waals surface area contributed by atoms with Gasteiger partial charge in [0.05, 0.1) is 6.10 Å². The molecular weight excluding hydrogens is 148 g/mol. The van der Waals surface area contributed by atoms with Crippen LogP contribution in [0.1, 0.15) is 38.5 Å². The van der Waals surface area contributed by atoms with Gasteiger partial charge in [-0.3, -0.25) is 0 Å². The van der Waals surface area contributed by atoms with Crippen molar-refractivity contribution in [1.29, 1.82) is 0 Å². The van der Waals surface area contributed by atoms with Crippen molar-refractivity contribution in [1.82, 2.24) is 0 Å². The lowest BCUT2D eigenvalue weighted by Gasteiger charge is -2.16. The summed E-state index contributed by atoms with van der Waals surface area (Å²) in [5.74, 6) is 3.26. The van der Waals surface area contributed by atoms with Crippen LogP contribution < -0.4 is 0 Å². The van der Waals surface area contributed by atoms with Crippen molar-refractivity contribution in [3.63, 3.8) is 0 Å². The average Bonchev–Trinajstić information content (AvgIpc) is 2.72. The second kappa shape index (κ2) is 2.47. The van der Waals surface area contributed by atoms with Crippen LogP contribution in [0.5, 0.6) is 0 Å². The van der Waals surface area contributed by atoms with Gasteiger partial charge in [0.2, 0.25) is 0 Å². The summed E-state index contributed by atoms with van der Waals surface area (Å²) in [5.41, 5.74) is 0. The molecule has 3 aliphatic rings. The van der Waals surface area contributed by atoms with Crippen molar-refractivity contribution in [2.24, 2.45) is 23.7 Å². The van der Waals surface area contributed by atoms with E-state index in [9.17, 15) is 5.11 Å². The molecule has 3 saturated carbocycles. The highest BCUT2D eigenvalue weighted by atomic mass is 16.3. The van der Waals surface area contributed by atoms with Crippen molar-refractivity contribution in [2.75, 3.05) is 0 Å². The Balaban J connectivity index is 1.89. The maximum Gasteiger partial charge on any atom is 0.0602 e. The highest BCUT2D eigenvalue weighted by molar-refractivity contribution is 5.02. The summed E-state index contributed by atoms with van der Waals surface area (Å²) in [5, 5.41) is 10.1. The topological polar surface area (TPSA) is 20.2 Å². The van der Waals surface area contributed by atoms with Crippen LogP contribution in [-0.2, 0) is 0 Å². The van der Waals surface area contributed by atoms with Crippen molar-refractivity contribution >= 4 is 0 Å². The van der Waals surface area contributed by atoms with Crippen LogP contribution in [0.3, 0.4) is 0 Å². The highest BCUT2D eigenvalue weighted by Crippen LogP contribution is 2.56. The zero-order chi connectivity index (χ0) is 8.13. The lowest BCUT2D eigenvalue weighted by Crippen LogP contribution is -2.20. The molecule has 12 heavy (non-hydrogen) atoms. The van der Waals surface area contributed by atoms with E-state index in [0.717, 1.165) is 11.8 Å². The van der Waals surface area contributed by atoms with Gasteiger partial charge in [0.25, 0.3) is 0 Å². The molecule has 1 heteroatoms. The lowest BCUT2D eigenvalue weighted by molar-refractivity contribution is 0.0854. The van der Waals surface area contributed by atoms with Crippen LogP contribution >= 0.6 is 0 Å². The van der Waals surface area contributed by atoms with Crippen LogP contribution in [0.4, 0.5) is 0 Å². The Morgan fingerprint density at radius 2 is 1.08 bits per heavy atom. The largest absolute Gasteiger partial charge is 0.393 e. The maximum atomic E-state index is 10.1. The van der Waals surface area contributed by atoms with Crippen molar-refractivity contribution in [3.05, 3.63) is 0 Å². The summed E-state index contributed by atoms with van der Waals surface area (Å²) in [6.45, 7) is 0. The fourth-order valence-corrected chi connectivity index (χ4v) is 4.26. The second-order valence-corrected chi connectivity index (χ2v) is 5.01. The molecule has 3 aliphatic carbocycles. The first-order valence-electron chi connectivity index (χ1n) is 5.56. The Labute approximate surface area is 74.2 Å². The zero-order valence-electron chi connectivity index (χ0n) is 7.58. The Morgan fingerprint density at radius 3 is 1.58 bits per heavy atom. The third kappa shape index (κ3) is 0.783. The Morgan fingerprint density at radius 1 is 0.667 bits per heavy atom. The van der Waals surface area contributed by atoms with Crippen LogP contribution in [-0.4, -0.2) is 11.2 Å². The molecule has 0 bridgehead atoms. The smallest absolute Gasteiger partial charge is 0.0602 e. The van der Waals surface area contributed by atoms with Gasteiger partial charge in [0.15, 0.2) is 0 Å². The molecular formula is C11H18O. The van der Waals surface area contributed by atoms with Gasteiger partial charge < -0.3 is 5.11 Å². The first kappa shape index (κ1) is 7.37. The molecule has 3 rings (SSSR count). The van der Waals surface area contributed by atoms with E-state index in [1.54, 1.807) is 0 Å². The molecule has 0 saturated heterocycles. The molecule has 1 nitrogen and oxygen atoms in total. The third-order valence-electron chi connectivity index (χ3n) is 4.68. The Kier molecular flexibility index (Phi) is 1.52. The average molecular weight is 166 g/mol. The fourth-order valence-electron chi connectivity index (χ4n) is 4.26. The van der Waals surface area contributed by atoms with Gasteiger partial charge in [-0.15, -0.1) is 0 Å². The van der Waals surface area contributed by atoms with Gasteiger partial charge in [-0.1, -0.05) is 12.8 Å². The number of rotatable bonds is 0. The molecule has 3 fully saturated rings. The van der Waals surface area contributed by atoms with Gasteiger partial charge in [-0.05, 0) is 49.4 Å². The van der Waals surface area contributed by atoms with E-state index in [0.29, 0.717) is 11.8 Å². The third-order valence-corrected chi connectivity index (χ3v) is 4.68. The minimum atomic E-state index is 0.0880. The van der Waals surface area contributed by atoms with Crippen molar-refractivity contribution < 1.29 is 5.11 Å². The first-order chi connectivity index (χ1) is 5.88. The SMILES string of the molecule is OC1[C@H]2CCC[C@H]2[C@@H]2CCC[C@H]12. The quantitative estimate of drug-likeness (QED) is 0.585. The first-order valence-corrected chi connectivity index (χ1v) is 5.56. The summed E-state index contributed by atoms with van der Waals surface area (Å²) in [4.78, 5) is 0. The molecule has 0 radical (unpaired) electrons. The number of aliphatic hydroxyl groups excluding tert-OH is 1.